The summed E-state index contributed by atoms with van der Waals surface area (Å²) in [5, 5.41) is 0.418. The van der Waals surface area contributed by atoms with Crippen molar-refractivity contribution < 1.29 is 13.2 Å². The molecule has 8 heteroatoms. The molecule has 0 amide bonds. The SMILES string of the molecule is CS(=O)(=O)/N=C1\OCCN1Cc1ccc(Cl)nc1. The van der Waals surface area contributed by atoms with E-state index >= 15 is 0 Å². The van der Waals surface area contributed by atoms with E-state index in [0.29, 0.717) is 24.8 Å². The monoisotopic (exact) mass is 289 g/mol. The maximum atomic E-state index is 11.1. The predicted octanol–water partition coefficient (Wildman–Crippen LogP) is 0.883. The molecule has 0 aliphatic carbocycles. The summed E-state index contributed by atoms with van der Waals surface area (Å²) in [7, 11) is -3.45. The standard InChI is InChI=1S/C10H12ClN3O3S/c1-18(15,16)13-10-14(4-5-17-10)7-8-2-3-9(11)12-6-8/h2-3,6H,4-5,7H2,1H3/b13-10-. The second kappa shape index (κ2) is 5.11. The minimum Gasteiger partial charge on any atom is -0.463 e. The van der Waals surface area contributed by atoms with Crippen molar-refractivity contribution in [2.24, 2.45) is 4.40 Å². The fourth-order valence-corrected chi connectivity index (χ4v) is 2.09. The zero-order valence-corrected chi connectivity index (χ0v) is 11.3. The van der Waals surface area contributed by atoms with Crippen molar-refractivity contribution in [2.45, 2.75) is 6.54 Å². The summed E-state index contributed by atoms with van der Waals surface area (Å²) in [5.74, 6) is 0. The fraction of sp³-hybridized carbons (Fsp3) is 0.400. The third-order valence-corrected chi connectivity index (χ3v) is 2.98. The smallest absolute Gasteiger partial charge is 0.303 e. The molecule has 6 nitrogen and oxygen atoms in total. The summed E-state index contributed by atoms with van der Waals surface area (Å²) in [6, 6.07) is 3.64. The van der Waals surface area contributed by atoms with E-state index in [4.69, 9.17) is 16.3 Å². The summed E-state index contributed by atoms with van der Waals surface area (Å²) in [4.78, 5) is 5.70. The number of amidine groups is 1. The Bertz CT molecular complexity index is 556. The number of halogens is 1. The Balaban J connectivity index is 2.13. The van der Waals surface area contributed by atoms with Gasteiger partial charge in [-0.3, -0.25) is 0 Å². The summed E-state index contributed by atoms with van der Waals surface area (Å²) < 4.78 is 30.9. The number of aromatic nitrogens is 1. The third-order valence-electron chi connectivity index (χ3n) is 2.27. The highest BCUT2D eigenvalue weighted by atomic mass is 35.5. The lowest BCUT2D eigenvalue weighted by atomic mass is 10.3. The van der Waals surface area contributed by atoms with Crippen molar-refractivity contribution in [1.29, 1.82) is 0 Å². The van der Waals surface area contributed by atoms with Gasteiger partial charge in [0.1, 0.15) is 11.8 Å². The predicted molar refractivity (Wildman–Crippen MR) is 67.9 cm³/mol. The van der Waals surface area contributed by atoms with E-state index in [9.17, 15) is 8.42 Å². The normalized spacial score (nSPS) is 18.1. The molecule has 1 saturated heterocycles. The second-order valence-corrected chi connectivity index (χ2v) is 5.90. The van der Waals surface area contributed by atoms with E-state index in [1.54, 1.807) is 17.2 Å². The molecular formula is C10H12ClN3O3S. The Labute approximate surface area is 110 Å². The van der Waals surface area contributed by atoms with Crippen molar-refractivity contribution in [2.75, 3.05) is 19.4 Å². The Kier molecular flexibility index (Phi) is 3.72. The lowest BCUT2D eigenvalue weighted by molar-refractivity contribution is 0.352. The van der Waals surface area contributed by atoms with Gasteiger partial charge in [-0.1, -0.05) is 17.7 Å². The van der Waals surface area contributed by atoms with Crippen LogP contribution >= 0.6 is 11.6 Å². The molecule has 1 aliphatic rings. The van der Waals surface area contributed by atoms with E-state index in [0.717, 1.165) is 11.8 Å². The van der Waals surface area contributed by atoms with Crippen molar-refractivity contribution >= 4 is 27.6 Å². The van der Waals surface area contributed by atoms with Crippen LogP contribution in [0.3, 0.4) is 0 Å². The largest absolute Gasteiger partial charge is 0.463 e. The third kappa shape index (κ3) is 3.58. The van der Waals surface area contributed by atoms with E-state index < -0.39 is 10.0 Å². The van der Waals surface area contributed by atoms with Crippen LogP contribution in [0.25, 0.3) is 0 Å². The second-order valence-electron chi connectivity index (χ2n) is 3.87. The molecule has 0 N–H and O–H groups in total. The number of pyridine rings is 1. The van der Waals surface area contributed by atoms with Gasteiger partial charge in [0.25, 0.3) is 10.0 Å². The van der Waals surface area contributed by atoms with Crippen LogP contribution in [0, 0.1) is 0 Å². The highest BCUT2D eigenvalue weighted by Crippen LogP contribution is 2.12. The number of hydrogen-bond acceptors (Lipinski definition) is 4. The highest BCUT2D eigenvalue weighted by molar-refractivity contribution is 7.89. The minimum absolute atomic E-state index is 0.132. The number of nitrogens with zero attached hydrogens (tertiary/aromatic N) is 3. The van der Waals surface area contributed by atoms with Crippen LogP contribution in [0.2, 0.25) is 5.15 Å². The first-order chi connectivity index (χ1) is 8.44. The molecule has 0 bridgehead atoms. The molecule has 2 heterocycles. The topological polar surface area (TPSA) is 71.9 Å². The summed E-state index contributed by atoms with van der Waals surface area (Å²) in [6.45, 7) is 1.50. The van der Waals surface area contributed by atoms with Crippen molar-refractivity contribution in [1.82, 2.24) is 9.88 Å². The first kappa shape index (κ1) is 13.1. The number of ether oxygens (including phenoxy) is 1. The fourth-order valence-electron chi connectivity index (χ4n) is 1.53. The molecule has 0 saturated carbocycles. The summed E-state index contributed by atoms with van der Waals surface area (Å²) >= 11 is 5.69. The lowest BCUT2D eigenvalue weighted by Gasteiger charge is -2.15. The van der Waals surface area contributed by atoms with E-state index in [2.05, 4.69) is 9.38 Å². The van der Waals surface area contributed by atoms with Gasteiger partial charge in [0.15, 0.2) is 0 Å². The van der Waals surface area contributed by atoms with Crippen molar-refractivity contribution in [3.63, 3.8) is 0 Å². The summed E-state index contributed by atoms with van der Waals surface area (Å²) in [5.41, 5.74) is 0.908. The Morgan fingerprint density at radius 1 is 1.56 bits per heavy atom. The molecule has 0 atom stereocenters. The molecule has 0 aromatic carbocycles. The first-order valence-corrected chi connectivity index (χ1v) is 7.45. The van der Waals surface area contributed by atoms with Gasteiger partial charge in [-0.2, -0.15) is 0 Å². The van der Waals surface area contributed by atoms with E-state index in [1.165, 1.54) is 0 Å². The average Bonchev–Trinajstić information content (AvgIpc) is 2.67. The number of hydrogen-bond donors (Lipinski definition) is 0. The zero-order chi connectivity index (χ0) is 13.2. The Hall–Kier alpha value is -1.34. The van der Waals surface area contributed by atoms with Gasteiger partial charge in [-0.15, -0.1) is 4.40 Å². The van der Waals surface area contributed by atoms with Gasteiger partial charge in [-0.05, 0) is 11.6 Å². The van der Waals surface area contributed by atoms with Crippen LogP contribution in [0.5, 0.6) is 0 Å². The van der Waals surface area contributed by atoms with Gasteiger partial charge in [-0.25, -0.2) is 13.4 Å². The molecule has 0 unspecified atom stereocenters. The lowest BCUT2D eigenvalue weighted by Crippen LogP contribution is -2.26. The van der Waals surface area contributed by atoms with Gasteiger partial charge in [0, 0.05) is 12.7 Å². The van der Waals surface area contributed by atoms with Crippen LogP contribution in [-0.2, 0) is 21.3 Å². The van der Waals surface area contributed by atoms with Crippen LogP contribution in [0.15, 0.2) is 22.7 Å². The molecule has 18 heavy (non-hydrogen) atoms. The molecule has 98 valence electrons. The highest BCUT2D eigenvalue weighted by Gasteiger charge is 2.22. The van der Waals surface area contributed by atoms with Crippen LogP contribution in [0.1, 0.15) is 5.56 Å². The van der Waals surface area contributed by atoms with Gasteiger partial charge >= 0.3 is 6.02 Å². The van der Waals surface area contributed by atoms with Crippen LogP contribution in [0.4, 0.5) is 0 Å². The number of rotatable bonds is 3. The molecule has 1 fully saturated rings. The maximum Gasteiger partial charge on any atom is 0.303 e. The van der Waals surface area contributed by atoms with Gasteiger partial charge in [0.2, 0.25) is 0 Å². The summed E-state index contributed by atoms with van der Waals surface area (Å²) in [6.07, 6.45) is 2.67. The van der Waals surface area contributed by atoms with Crippen LogP contribution in [-0.4, -0.2) is 43.7 Å². The molecule has 0 radical (unpaired) electrons. The van der Waals surface area contributed by atoms with Gasteiger partial charge in [0.05, 0.1) is 12.8 Å². The Morgan fingerprint density at radius 3 is 2.94 bits per heavy atom. The number of sulfonamides is 1. The average molecular weight is 290 g/mol. The zero-order valence-electron chi connectivity index (χ0n) is 9.71. The van der Waals surface area contributed by atoms with Gasteiger partial charge < -0.3 is 9.64 Å². The molecule has 1 aromatic heterocycles. The molecule has 1 aromatic rings. The van der Waals surface area contributed by atoms with Crippen molar-refractivity contribution in [3.8, 4) is 0 Å². The first-order valence-electron chi connectivity index (χ1n) is 5.22. The maximum absolute atomic E-state index is 11.1. The molecular weight excluding hydrogens is 278 g/mol. The van der Waals surface area contributed by atoms with Crippen molar-refractivity contribution in [3.05, 3.63) is 29.0 Å². The van der Waals surface area contributed by atoms with Crippen LogP contribution < -0.4 is 0 Å². The minimum atomic E-state index is -3.45. The molecule has 1 aliphatic heterocycles. The van der Waals surface area contributed by atoms with E-state index in [1.807, 2.05) is 6.07 Å². The molecule has 2 rings (SSSR count). The quantitative estimate of drug-likeness (QED) is 0.773. The van der Waals surface area contributed by atoms with E-state index in [-0.39, 0.29) is 6.02 Å². The Morgan fingerprint density at radius 2 is 2.33 bits per heavy atom. The molecule has 0 spiro atoms.